The van der Waals surface area contributed by atoms with Crippen LogP contribution in [0.1, 0.15) is 73.1 Å². The van der Waals surface area contributed by atoms with Crippen LogP contribution in [0.25, 0.3) is 11.2 Å². The summed E-state index contributed by atoms with van der Waals surface area (Å²) in [4.78, 5) is 47.6. The van der Waals surface area contributed by atoms with Gasteiger partial charge in [0.25, 0.3) is 5.56 Å². The summed E-state index contributed by atoms with van der Waals surface area (Å²) < 4.78 is 3.46. The highest BCUT2D eigenvalue weighted by Gasteiger charge is 2.24. The molecule has 0 radical (unpaired) electrons. The summed E-state index contributed by atoms with van der Waals surface area (Å²) >= 11 is 0. The van der Waals surface area contributed by atoms with Crippen LogP contribution in [0.4, 0.5) is 0 Å². The van der Waals surface area contributed by atoms with Crippen molar-refractivity contribution in [1.29, 1.82) is 0 Å². The van der Waals surface area contributed by atoms with Gasteiger partial charge in [0.1, 0.15) is 5.82 Å². The highest BCUT2D eigenvalue weighted by atomic mass is 16.2. The van der Waals surface area contributed by atoms with Crippen molar-refractivity contribution in [3.63, 3.8) is 0 Å². The van der Waals surface area contributed by atoms with Crippen molar-refractivity contribution in [2.24, 2.45) is 17.8 Å². The van der Waals surface area contributed by atoms with Crippen LogP contribution in [0.2, 0.25) is 0 Å². The number of carbonyl (C=O) groups is 1. The van der Waals surface area contributed by atoms with Crippen LogP contribution < -0.4 is 16.6 Å². The zero-order chi connectivity index (χ0) is 25.7. The lowest BCUT2D eigenvalue weighted by Crippen LogP contribution is -2.47. The van der Waals surface area contributed by atoms with E-state index in [2.05, 4.69) is 56.7 Å². The monoisotopic (exact) mass is 488 g/mol. The summed E-state index contributed by atoms with van der Waals surface area (Å²) in [7, 11) is 0. The van der Waals surface area contributed by atoms with Crippen molar-refractivity contribution < 1.29 is 4.79 Å². The van der Waals surface area contributed by atoms with E-state index < -0.39 is 11.2 Å². The first-order chi connectivity index (χ1) is 16.6. The summed E-state index contributed by atoms with van der Waals surface area (Å²) in [6.07, 6.45) is 3.72. The van der Waals surface area contributed by atoms with Crippen molar-refractivity contribution in [3.05, 3.63) is 26.7 Å². The molecule has 1 aliphatic heterocycles. The molecule has 3 atom stereocenters. The number of rotatable bonds is 11. The number of unbranched alkanes of at least 4 members (excludes halogenated alkanes) is 1. The van der Waals surface area contributed by atoms with Crippen molar-refractivity contribution in [2.45, 2.75) is 92.8 Å². The van der Waals surface area contributed by atoms with E-state index >= 15 is 0 Å². The van der Waals surface area contributed by atoms with Gasteiger partial charge in [-0.15, -0.1) is 0 Å². The average molecular weight is 489 g/mol. The molecular weight excluding hydrogens is 444 g/mol. The largest absolute Gasteiger partial charge is 0.352 e. The Balaban J connectivity index is 1.74. The Morgan fingerprint density at radius 1 is 1.11 bits per heavy atom. The second-order valence-electron chi connectivity index (χ2n) is 11.1. The lowest BCUT2D eigenvalue weighted by molar-refractivity contribution is -0.121. The molecule has 1 saturated heterocycles. The molecular formula is C26H44N6O3. The van der Waals surface area contributed by atoms with Gasteiger partial charge in [-0.05, 0) is 37.5 Å². The number of fused-ring (bicyclic) bond motifs is 1. The van der Waals surface area contributed by atoms with Crippen molar-refractivity contribution >= 4 is 17.1 Å². The third-order valence-corrected chi connectivity index (χ3v) is 6.71. The number of aryl methyl sites for hydroxylation is 2. The molecule has 0 bridgehead atoms. The molecule has 1 fully saturated rings. The van der Waals surface area contributed by atoms with E-state index in [-0.39, 0.29) is 24.3 Å². The number of amides is 1. The normalized spacial score (nSPS) is 20.0. The van der Waals surface area contributed by atoms with Gasteiger partial charge >= 0.3 is 5.69 Å². The Hall–Kier alpha value is -2.42. The molecule has 0 aromatic carbocycles. The maximum Gasteiger partial charge on any atom is 0.330 e. The molecule has 1 aliphatic rings. The quantitative estimate of drug-likeness (QED) is 0.506. The summed E-state index contributed by atoms with van der Waals surface area (Å²) in [5, 5.41) is 3.14. The predicted molar refractivity (Wildman–Crippen MR) is 140 cm³/mol. The standard InChI is InChI=1S/C26H44N6O3/c1-7-8-11-31-24-23(25(34)29-26(31)35)32(13-17(2)3)21(28-24)9-10-22(33)27-20(6)16-30-14-18(4)12-19(5)15-30/h17-20H,7-16H2,1-6H3,(H,27,33)(H,29,34,35). The second-order valence-corrected chi connectivity index (χ2v) is 11.1. The number of H-pyrrole nitrogens is 1. The van der Waals surface area contributed by atoms with Gasteiger partial charge < -0.3 is 14.8 Å². The topological polar surface area (TPSA) is 105 Å². The van der Waals surface area contributed by atoms with Gasteiger partial charge in [-0.3, -0.25) is 19.1 Å². The van der Waals surface area contributed by atoms with Gasteiger partial charge in [0.15, 0.2) is 11.2 Å². The molecule has 9 heteroatoms. The van der Waals surface area contributed by atoms with Gasteiger partial charge in [0.05, 0.1) is 0 Å². The van der Waals surface area contributed by atoms with Crippen LogP contribution in [0.5, 0.6) is 0 Å². The molecule has 9 nitrogen and oxygen atoms in total. The summed E-state index contributed by atoms with van der Waals surface area (Å²) in [6.45, 7) is 17.0. The molecule has 1 amide bonds. The average Bonchev–Trinajstić information content (AvgIpc) is 3.09. The second kappa shape index (κ2) is 12.0. The van der Waals surface area contributed by atoms with Crippen LogP contribution >= 0.6 is 0 Å². The molecule has 0 saturated carbocycles. The molecule has 3 rings (SSSR count). The first-order valence-electron chi connectivity index (χ1n) is 13.3. The minimum absolute atomic E-state index is 0.0176. The molecule has 0 spiro atoms. The van der Waals surface area contributed by atoms with E-state index in [0.29, 0.717) is 48.3 Å². The van der Waals surface area contributed by atoms with E-state index in [1.165, 1.54) is 6.42 Å². The van der Waals surface area contributed by atoms with E-state index in [9.17, 15) is 14.4 Å². The number of piperidine rings is 1. The summed E-state index contributed by atoms with van der Waals surface area (Å²) in [5.74, 6) is 2.32. The highest BCUT2D eigenvalue weighted by molar-refractivity contribution is 5.77. The maximum atomic E-state index is 12.8. The van der Waals surface area contributed by atoms with Crippen molar-refractivity contribution in [3.8, 4) is 0 Å². The van der Waals surface area contributed by atoms with Crippen molar-refractivity contribution in [1.82, 2.24) is 29.3 Å². The van der Waals surface area contributed by atoms with Gasteiger partial charge in [-0.1, -0.05) is 41.0 Å². The number of hydrogen-bond acceptors (Lipinski definition) is 5. The molecule has 2 aromatic rings. The molecule has 35 heavy (non-hydrogen) atoms. The van der Waals surface area contributed by atoms with Crippen LogP contribution in [0.3, 0.4) is 0 Å². The summed E-state index contributed by atoms with van der Waals surface area (Å²) in [5.41, 5.74) is 0.00121. The number of aromatic amines is 1. The van der Waals surface area contributed by atoms with E-state index in [1.807, 2.05) is 4.57 Å². The molecule has 3 unspecified atom stereocenters. The Morgan fingerprint density at radius 3 is 2.43 bits per heavy atom. The smallest absolute Gasteiger partial charge is 0.330 e. The van der Waals surface area contributed by atoms with Crippen LogP contribution in [0, 0.1) is 17.8 Å². The minimum atomic E-state index is -0.426. The van der Waals surface area contributed by atoms with Gasteiger partial charge in [-0.25, -0.2) is 9.78 Å². The van der Waals surface area contributed by atoms with Crippen LogP contribution in [0.15, 0.2) is 9.59 Å². The van der Waals surface area contributed by atoms with E-state index in [0.717, 1.165) is 32.5 Å². The molecule has 2 N–H and O–H groups in total. The van der Waals surface area contributed by atoms with Crippen molar-refractivity contribution in [2.75, 3.05) is 19.6 Å². The third kappa shape index (κ3) is 7.06. The SMILES string of the molecule is CCCCn1c(=O)[nH]c(=O)c2c1nc(CCC(=O)NC(C)CN1CC(C)CC(C)C1)n2CC(C)C. The minimum Gasteiger partial charge on any atom is -0.352 e. The highest BCUT2D eigenvalue weighted by Crippen LogP contribution is 2.21. The van der Waals surface area contributed by atoms with Crippen LogP contribution in [-0.4, -0.2) is 55.6 Å². The molecule has 196 valence electrons. The first-order valence-corrected chi connectivity index (χ1v) is 13.3. The number of aromatic nitrogens is 4. The maximum absolute atomic E-state index is 12.8. The predicted octanol–water partition coefficient (Wildman–Crippen LogP) is 2.76. The number of carbonyl (C=O) groups excluding carboxylic acids is 1. The number of likely N-dealkylation sites (tertiary alicyclic amines) is 1. The molecule has 0 aliphatic carbocycles. The van der Waals surface area contributed by atoms with E-state index in [1.54, 1.807) is 4.57 Å². The lowest BCUT2D eigenvalue weighted by atomic mass is 9.92. The van der Waals surface area contributed by atoms with E-state index in [4.69, 9.17) is 4.98 Å². The fraction of sp³-hybridized carbons (Fsp3) is 0.769. The van der Waals surface area contributed by atoms with Gasteiger partial charge in [-0.2, -0.15) is 0 Å². The molecule has 3 heterocycles. The zero-order valence-corrected chi connectivity index (χ0v) is 22.4. The Labute approximate surface area is 208 Å². The fourth-order valence-corrected chi connectivity index (χ4v) is 5.44. The number of imidazole rings is 1. The Bertz CT molecular complexity index is 1100. The summed E-state index contributed by atoms with van der Waals surface area (Å²) in [6, 6.07) is 0.0662. The Morgan fingerprint density at radius 2 is 1.80 bits per heavy atom. The lowest BCUT2D eigenvalue weighted by Gasteiger charge is -2.36. The third-order valence-electron chi connectivity index (χ3n) is 6.71. The first kappa shape index (κ1) is 27.2. The number of nitrogens with zero attached hydrogens (tertiary/aromatic N) is 4. The molecule has 2 aromatic heterocycles. The number of nitrogens with one attached hydrogen (secondary N) is 2. The fourth-order valence-electron chi connectivity index (χ4n) is 5.44. The van der Waals surface area contributed by atoms with Gasteiger partial charge in [0.2, 0.25) is 5.91 Å². The Kier molecular flexibility index (Phi) is 9.33. The van der Waals surface area contributed by atoms with Gasteiger partial charge in [0, 0.05) is 51.6 Å². The van der Waals surface area contributed by atoms with Crippen LogP contribution in [-0.2, 0) is 24.3 Å². The zero-order valence-electron chi connectivity index (χ0n) is 22.4. The number of hydrogen-bond donors (Lipinski definition) is 2.